The van der Waals surface area contributed by atoms with Gasteiger partial charge in [-0.15, -0.1) is 0 Å². The Labute approximate surface area is 360 Å². The van der Waals surface area contributed by atoms with Gasteiger partial charge in [0.25, 0.3) is 0 Å². The summed E-state index contributed by atoms with van der Waals surface area (Å²) in [5.74, 6) is 0.262. The number of para-hydroxylation sites is 2. The number of benzene rings is 7. The number of hydrogen-bond donors (Lipinski definition) is 0. The minimum absolute atomic E-state index is 0.0346. The van der Waals surface area contributed by atoms with E-state index in [2.05, 4.69) is 55.6 Å². The number of hydrogen-bond acceptors (Lipinski definition) is 4. The Bertz CT molecular complexity index is 3790. The maximum Gasteiger partial charge on any atom is 0.307 e. The van der Waals surface area contributed by atoms with Crippen LogP contribution in [-0.2, 0) is 0 Å². The Morgan fingerprint density at radius 2 is 1.27 bits per heavy atom. The van der Waals surface area contributed by atoms with E-state index in [9.17, 15) is 0 Å². The quantitative estimate of drug-likeness (QED) is 0.163. The summed E-state index contributed by atoms with van der Waals surface area (Å²) >= 11 is 1.38. The van der Waals surface area contributed by atoms with Crippen LogP contribution < -0.4 is 10.4 Å². The largest absolute Gasteiger partial charge is 0.422 e. The van der Waals surface area contributed by atoms with E-state index < -0.39 is 28.6 Å². The third kappa shape index (κ3) is 4.90. The summed E-state index contributed by atoms with van der Waals surface area (Å²) in [4.78, 5) is 11.1. The molecule has 1 aliphatic carbocycles. The molecule has 0 saturated carbocycles. The minimum Gasteiger partial charge on any atom is -0.422 e. The first-order chi connectivity index (χ1) is 32.4. The maximum absolute atomic E-state index is 8.98. The van der Waals surface area contributed by atoms with E-state index in [0.717, 1.165) is 71.0 Å². The molecule has 282 valence electrons. The van der Waals surface area contributed by atoms with Crippen molar-refractivity contribution in [3.63, 3.8) is 0 Å². The van der Waals surface area contributed by atoms with E-state index in [1.54, 1.807) is 30.5 Å². The Morgan fingerprint density at radius 3 is 2.10 bits per heavy atom. The van der Waals surface area contributed by atoms with Gasteiger partial charge in [-0.2, -0.15) is 4.98 Å². The molecule has 4 heterocycles. The van der Waals surface area contributed by atoms with Gasteiger partial charge in [-0.3, -0.25) is 9.38 Å². The average molecular weight is 803 g/mol. The zero-order chi connectivity index (χ0) is 47.2. The number of imidazole rings is 1. The first kappa shape index (κ1) is 26.5. The fraction of sp³-hybridized carbons (Fsp3) is 0.0943. The van der Waals surface area contributed by atoms with Crippen LogP contribution in [0.5, 0.6) is 0 Å². The number of fused-ring (bicyclic) bond motifs is 15. The van der Waals surface area contributed by atoms with Gasteiger partial charge >= 0.3 is 5.84 Å². The molecule has 0 saturated heterocycles. The number of nitrogens with zero attached hydrogens (tertiary/aromatic N) is 3. The van der Waals surface area contributed by atoms with Crippen molar-refractivity contribution in [3.8, 4) is 66.9 Å². The lowest BCUT2D eigenvalue weighted by atomic mass is 9.81. The van der Waals surface area contributed by atoms with Crippen molar-refractivity contribution in [2.75, 3.05) is 0 Å². The zero-order valence-corrected chi connectivity index (χ0v) is 33.8. The number of aromatic nitrogens is 3. The summed E-state index contributed by atoms with van der Waals surface area (Å²) in [6.07, 6.45) is 1.81. The van der Waals surface area contributed by atoms with Crippen molar-refractivity contribution in [2.24, 2.45) is 0 Å². The van der Waals surface area contributed by atoms with Crippen molar-refractivity contribution >= 4 is 58.2 Å². The van der Waals surface area contributed by atoms with E-state index in [1.807, 2.05) is 77.2 Å². The SMILES string of the molecule is [2H]C([2H])([2H])c1cc2c(cc1-c1c(C([2H])([2H])[2H])ccc3c1oc1nc4ccccc4n13)[Si](C)(C)c1ccc(C([2H])([2H])[2H])c(-c3ccc4c(c3)-c3ccccc3-c3ncccc3-c3ccccc3-4)c1S2. The van der Waals surface area contributed by atoms with Crippen molar-refractivity contribution in [1.29, 1.82) is 0 Å². The van der Waals surface area contributed by atoms with E-state index in [1.165, 1.54) is 11.8 Å². The predicted octanol–water partition coefficient (Wildman–Crippen LogP) is 13.2. The van der Waals surface area contributed by atoms with Gasteiger partial charge < -0.3 is 4.42 Å². The molecule has 0 fully saturated rings. The van der Waals surface area contributed by atoms with E-state index >= 15 is 0 Å². The molecule has 2 aliphatic rings. The Kier molecular flexibility index (Phi) is 5.62. The highest BCUT2D eigenvalue weighted by Gasteiger charge is 2.38. The van der Waals surface area contributed by atoms with Gasteiger partial charge in [-0.25, -0.2) is 0 Å². The molecule has 0 amide bonds. The predicted molar refractivity (Wildman–Crippen MR) is 248 cm³/mol. The van der Waals surface area contributed by atoms with Gasteiger partial charge in [0.2, 0.25) is 0 Å². The lowest BCUT2D eigenvalue weighted by molar-refractivity contribution is 0.644. The highest BCUT2D eigenvalue weighted by molar-refractivity contribution is 8.00. The summed E-state index contributed by atoms with van der Waals surface area (Å²) in [5.41, 5.74) is 11.9. The molecular weight excluding hydrogens is 755 g/mol. The second-order valence-electron chi connectivity index (χ2n) is 15.9. The molecule has 0 unspecified atom stereocenters. The van der Waals surface area contributed by atoms with Crippen LogP contribution in [0.1, 0.15) is 29.0 Å². The molecule has 3 aromatic heterocycles. The molecule has 6 heteroatoms. The van der Waals surface area contributed by atoms with Crippen molar-refractivity contribution in [2.45, 2.75) is 43.4 Å². The second-order valence-corrected chi connectivity index (χ2v) is 21.3. The second kappa shape index (κ2) is 12.5. The van der Waals surface area contributed by atoms with Gasteiger partial charge in [-0.05, 0) is 129 Å². The van der Waals surface area contributed by atoms with Crippen LogP contribution >= 0.6 is 11.8 Å². The molecule has 12 rings (SSSR count). The molecule has 7 aromatic carbocycles. The smallest absolute Gasteiger partial charge is 0.307 e. The van der Waals surface area contributed by atoms with Crippen LogP contribution in [0.2, 0.25) is 13.1 Å². The van der Waals surface area contributed by atoms with E-state index in [0.29, 0.717) is 21.5 Å². The minimum atomic E-state index is -2.88. The van der Waals surface area contributed by atoms with Gasteiger partial charge in [-0.1, -0.05) is 128 Å². The molecule has 59 heavy (non-hydrogen) atoms. The first-order valence-corrected chi connectivity index (χ1v) is 23.4. The van der Waals surface area contributed by atoms with Gasteiger partial charge in [0.05, 0.1) is 22.2 Å². The summed E-state index contributed by atoms with van der Waals surface area (Å²) < 4.78 is 88.1. The highest BCUT2D eigenvalue weighted by atomic mass is 32.2. The number of rotatable bonds is 2. The maximum atomic E-state index is 8.98. The molecule has 0 bridgehead atoms. The van der Waals surface area contributed by atoms with Gasteiger partial charge in [0, 0.05) is 45.0 Å². The third-order valence-electron chi connectivity index (χ3n) is 12.3. The number of aryl methyl sites for hydroxylation is 3. The lowest BCUT2D eigenvalue weighted by Crippen LogP contribution is -2.56. The molecule has 0 atom stereocenters. The first-order valence-electron chi connectivity index (χ1n) is 24.1. The summed E-state index contributed by atoms with van der Waals surface area (Å²) in [6, 6.07) is 44.7. The summed E-state index contributed by atoms with van der Waals surface area (Å²) in [5, 5.41) is 1.88. The lowest BCUT2D eigenvalue weighted by Gasteiger charge is -2.35. The molecule has 0 spiro atoms. The van der Waals surface area contributed by atoms with Crippen molar-refractivity contribution in [3.05, 3.63) is 162 Å². The molecular formula is C53H39N3OSSi. The fourth-order valence-electron chi connectivity index (χ4n) is 9.47. The van der Waals surface area contributed by atoms with Crippen molar-refractivity contribution < 1.29 is 16.8 Å². The standard InChI is InChI=1S/C53H39N3OSSi/c1-30-21-25-46-52(48(30)33-22-23-37-34-13-6-7-14-35(34)39-17-12-26-54-50(39)38-16-9-8-15-36(38)41(37)28-33)58-45-27-32(3)40(29-47(45)59(46,4)5)49-31(2)20-24-44-51(49)57-53-55-42-18-10-11-19-43(42)56(44)53/h6-29H,1-5H3/i1D3,2D3,3D3. The number of oxazole rings is 1. The van der Waals surface area contributed by atoms with Crippen LogP contribution in [0.4, 0.5) is 0 Å². The van der Waals surface area contributed by atoms with Crippen LogP contribution in [-0.4, -0.2) is 22.4 Å². The fourth-order valence-corrected chi connectivity index (χ4v) is 15.1. The Hall–Kier alpha value is -6.47. The molecule has 4 nitrogen and oxygen atoms in total. The average Bonchev–Trinajstić information content (AvgIpc) is 3.86. The molecule has 10 aromatic rings. The van der Waals surface area contributed by atoms with Crippen LogP contribution in [0.15, 0.2) is 160 Å². The van der Waals surface area contributed by atoms with E-state index in [-0.39, 0.29) is 39.2 Å². The van der Waals surface area contributed by atoms with Crippen molar-refractivity contribution in [1.82, 2.24) is 14.4 Å². The Balaban J connectivity index is 1.10. The summed E-state index contributed by atoms with van der Waals surface area (Å²) in [7, 11) is -2.88. The monoisotopic (exact) mass is 802 g/mol. The summed E-state index contributed by atoms with van der Waals surface area (Å²) in [6.45, 7) is -3.47. The molecule has 1 aliphatic heterocycles. The van der Waals surface area contributed by atoms with Gasteiger partial charge in [0.15, 0.2) is 5.58 Å². The normalized spacial score (nSPS) is 16.5. The van der Waals surface area contributed by atoms with Gasteiger partial charge in [0.1, 0.15) is 8.07 Å². The topological polar surface area (TPSA) is 43.3 Å². The van der Waals surface area contributed by atoms with Crippen LogP contribution in [0.25, 0.3) is 94.9 Å². The van der Waals surface area contributed by atoms with Crippen LogP contribution in [0, 0.1) is 20.6 Å². The van der Waals surface area contributed by atoms with E-state index in [4.69, 9.17) is 26.7 Å². The van der Waals surface area contributed by atoms with Crippen LogP contribution in [0.3, 0.4) is 0 Å². The third-order valence-corrected chi connectivity index (χ3v) is 17.4. The highest BCUT2D eigenvalue weighted by Crippen LogP contribution is 2.50. The molecule has 0 radical (unpaired) electrons. The Morgan fingerprint density at radius 1 is 0.576 bits per heavy atom. The zero-order valence-electron chi connectivity index (χ0n) is 41.0. The molecule has 0 N–H and O–H groups in total. The number of pyridine rings is 1.